The van der Waals surface area contributed by atoms with Gasteiger partial charge in [-0.3, -0.25) is 0 Å². The fourth-order valence-electron chi connectivity index (χ4n) is 1.57. The third-order valence-corrected chi connectivity index (χ3v) is 2.44. The van der Waals surface area contributed by atoms with Crippen LogP contribution in [0.15, 0.2) is 0 Å². The molecule has 0 aromatic heterocycles. The Bertz CT molecular complexity index is 127. The van der Waals surface area contributed by atoms with Gasteiger partial charge in [-0.2, -0.15) is 0 Å². The second-order valence-corrected chi connectivity index (χ2v) is 3.58. The molecule has 1 fully saturated rings. The van der Waals surface area contributed by atoms with Gasteiger partial charge in [-0.15, -0.1) is 0 Å². The molecule has 2 N–H and O–H groups in total. The first-order valence-corrected chi connectivity index (χ1v) is 5.44. The van der Waals surface area contributed by atoms with Gasteiger partial charge in [-0.05, 0) is 12.8 Å². The lowest BCUT2D eigenvalue weighted by Gasteiger charge is -2.23. The molecule has 1 aliphatic rings. The van der Waals surface area contributed by atoms with E-state index in [2.05, 4.69) is 10.6 Å². The van der Waals surface area contributed by atoms with Crippen LogP contribution in [-0.2, 0) is 9.47 Å². The Morgan fingerprint density at radius 3 is 2.71 bits per heavy atom. The fourth-order valence-corrected chi connectivity index (χ4v) is 1.57. The highest BCUT2D eigenvalue weighted by Gasteiger charge is 2.11. The molecule has 0 spiro atoms. The van der Waals surface area contributed by atoms with E-state index < -0.39 is 0 Å². The van der Waals surface area contributed by atoms with Gasteiger partial charge in [0.1, 0.15) is 0 Å². The Morgan fingerprint density at radius 2 is 2.00 bits per heavy atom. The van der Waals surface area contributed by atoms with Crippen molar-refractivity contribution in [2.45, 2.75) is 18.9 Å². The summed E-state index contributed by atoms with van der Waals surface area (Å²) in [4.78, 5) is 0. The van der Waals surface area contributed by atoms with Gasteiger partial charge in [0.05, 0.1) is 6.61 Å². The zero-order valence-corrected chi connectivity index (χ0v) is 9.05. The number of ether oxygens (including phenoxy) is 2. The van der Waals surface area contributed by atoms with E-state index in [1.165, 1.54) is 0 Å². The Hall–Kier alpha value is -0.160. The van der Waals surface area contributed by atoms with Gasteiger partial charge in [-0.25, -0.2) is 0 Å². The topological polar surface area (TPSA) is 42.5 Å². The molecule has 0 unspecified atom stereocenters. The molecule has 0 aromatic carbocycles. The molecule has 0 radical (unpaired) electrons. The van der Waals surface area contributed by atoms with Crippen molar-refractivity contribution < 1.29 is 9.47 Å². The van der Waals surface area contributed by atoms with Crippen LogP contribution in [0.1, 0.15) is 12.8 Å². The van der Waals surface area contributed by atoms with Crippen molar-refractivity contribution in [2.24, 2.45) is 0 Å². The van der Waals surface area contributed by atoms with Gasteiger partial charge in [0.25, 0.3) is 0 Å². The minimum Gasteiger partial charge on any atom is -0.383 e. The maximum atomic E-state index is 5.29. The molecule has 1 aliphatic heterocycles. The maximum absolute atomic E-state index is 5.29. The summed E-state index contributed by atoms with van der Waals surface area (Å²) < 4.78 is 10.2. The van der Waals surface area contributed by atoms with E-state index >= 15 is 0 Å². The van der Waals surface area contributed by atoms with Gasteiger partial charge in [0.15, 0.2) is 0 Å². The molecule has 1 rings (SSSR count). The lowest BCUT2D eigenvalue weighted by atomic mass is 10.1. The van der Waals surface area contributed by atoms with Crippen molar-refractivity contribution in [1.82, 2.24) is 10.6 Å². The van der Waals surface area contributed by atoms with Crippen molar-refractivity contribution in [3.05, 3.63) is 0 Å². The maximum Gasteiger partial charge on any atom is 0.0587 e. The van der Waals surface area contributed by atoms with Gasteiger partial charge >= 0.3 is 0 Å². The van der Waals surface area contributed by atoms with E-state index in [4.69, 9.17) is 9.47 Å². The average Bonchev–Trinajstić information content (AvgIpc) is 2.25. The van der Waals surface area contributed by atoms with Gasteiger partial charge < -0.3 is 20.1 Å². The summed E-state index contributed by atoms with van der Waals surface area (Å²) in [6, 6.07) is 0.660. The molecule has 0 amide bonds. The molecule has 0 bridgehead atoms. The molecule has 14 heavy (non-hydrogen) atoms. The second-order valence-electron chi connectivity index (χ2n) is 3.58. The van der Waals surface area contributed by atoms with Gasteiger partial charge in [-0.1, -0.05) is 0 Å². The summed E-state index contributed by atoms with van der Waals surface area (Å²) in [5.74, 6) is 0. The predicted molar refractivity (Wildman–Crippen MR) is 56.6 cm³/mol. The molecule has 0 saturated carbocycles. The van der Waals surface area contributed by atoms with E-state index in [0.717, 1.165) is 52.3 Å². The quantitative estimate of drug-likeness (QED) is 0.570. The highest BCUT2D eigenvalue weighted by Crippen LogP contribution is 2.04. The number of rotatable bonds is 7. The molecule has 4 heteroatoms. The van der Waals surface area contributed by atoms with Crippen LogP contribution >= 0.6 is 0 Å². The smallest absolute Gasteiger partial charge is 0.0587 e. The normalized spacial score (nSPS) is 18.6. The third kappa shape index (κ3) is 5.54. The summed E-state index contributed by atoms with van der Waals surface area (Å²) in [5, 5.41) is 6.82. The standard InChI is InChI=1S/C10H22N2O2/c1-13-9-6-11-4-5-12-10-2-7-14-8-3-10/h10-12H,2-9H2,1H3. The summed E-state index contributed by atoms with van der Waals surface area (Å²) >= 11 is 0. The van der Waals surface area contributed by atoms with Crippen LogP contribution in [0.5, 0.6) is 0 Å². The van der Waals surface area contributed by atoms with Gasteiger partial charge in [0, 0.05) is 46.0 Å². The van der Waals surface area contributed by atoms with Crippen LogP contribution in [0, 0.1) is 0 Å². The highest BCUT2D eigenvalue weighted by atomic mass is 16.5. The molecule has 1 heterocycles. The van der Waals surface area contributed by atoms with E-state index in [9.17, 15) is 0 Å². The summed E-state index contributed by atoms with van der Waals surface area (Å²) in [7, 11) is 1.72. The number of hydrogen-bond donors (Lipinski definition) is 2. The fraction of sp³-hybridized carbons (Fsp3) is 1.00. The third-order valence-electron chi connectivity index (χ3n) is 2.44. The first kappa shape index (κ1) is 11.9. The van der Waals surface area contributed by atoms with Crippen molar-refractivity contribution in [1.29, 1.82) is 0 Å². The SMILES string of the molecule is COCCNCCNC1CCOCC1. The molecule has 84 valence electrons. The van der Waals surface area contributed by atoms with Crippen LogP contribution in [-0.4, -0.2) is 52.6 Å². The summed E-state index contributed by atoms with van der Waals surface area (Å²) in [5.41, 5.74) is 0. The zero-order chi connectivity index (χ0) is 10.1. The van der Waals surface area contributed by atoms with Crippen molar-refractivity contribution >= 4 is 0 Å². The Morgan fingerprint density at radius 1 is 1.21 bits per heavy atom. The highest BCUT2D eigenvalue weighted by molar-refractivity contribution is 4.70. The number of methoxy groups -OCH3 is 1. The zero-order valence-electron chi connectivity index (χ0n) is 9.05. The molecule has 4 nitrogen and oxygen atoms in total. The number of nitrogens with one attached hydrogen (secondary N) is 2. The molecule has 0 aliphatic carbocycles. The molecule has 0 aromatic rings. The van der Waals surface area contributed by atoms with Gasteiger partial charge in [0.2, 0.25) is 0 Å². The van der Waals surface area contributed by atoms with E-state index in [-0.39, 0.29) is 0 Å². The molecule has 1 saturated heterocycles. The summed E-state index contributed by atoms with van der Waals surface area (Å²) in [6.45, 7) is 5.60. The second kappa shape index (κ2) is 8.17. The monoisotopic (exact) mass is 202 g/mol. The Labute approximate surface area is 86.3 Å². The van der Waals surface area contributed by atoms with E-state index in [1.54, 1.807) is 7.11 Å². The molecular weight excluding hydrogens is 180 g/mol. The van der Waals surface area contributed by atoms with Crippen LogP contribution in [0.25, 0.3) is 0 Å². The first-order chi connectivity index (χ1) is 6.93. The predicted octanol–water partition coefficient (Wildman–Crippen LogP) is -0.00900. The van der Waals surface area contributed by atoms with Crippen LogP contribution < -0.4 is 10.6 Å². The van der Waals surface area contributed by atoms with Crippen molar-refractivity contribution in [3.8, 4) is 0 Å². The Balaban J connectivity index is 1.82. The average molecular weight is 202 g/mol. The van der Waals surface area contributed by atoms with E-state index in [1.807, 2.05) is 0 Å². The first-order valence-electron chi connectivity index (χ1n) is 5.44. The van der Waals surface area contributed by atoms with E-state index in [0.29, 0.717) is 6.04 Å². The number of hydrogen-bond acceptors (Lipinski definition) is 4. The molecular formula is C10H22N2O2. The summed E-state index contributed by atoms with van der Waals surface area (Å²) in [6.07, 6.45) is 2.30. The largest absolute Gasteiger partial charge is 0.383 e. The lowest BCUT2D eigenvalue weighted by molar-refractivity contribution is 0.0781. The lowest BCUT2D eigenvalue weighted by Crippen LogP contribution is -2.39. The van der Waals surface area contributed by atoms with Crippen molar-refractivity contribution in [2.75, 3.05) is 46.6 Å². The molecule has 0 atom stereocenters. The Kier molecular flexibility index (Phi) is 6.95. The van der Waals surface area contributed by atoms with Crippen LogP contribution in [0.4, 0.5) is 0 Å². The minimum atomic E-state index is 0.660. The van der Waals surface area contributed by atoms with Crippen LogP contribution in [0.3, 0.4) is 0 Å². The van der Waals surface area contributed by atoms with Crippen LogP contribution in [0.2, 0.25) is 0 Å². The van der Waals surface area contributed by atoms with Crippen molar-refractivity contribution in [3.63, 3.8) is 0 Å². The minimum absolute atomic E-state index is 0.660.